The third-order valence-corrected chi connectivity index (χ3v) is 9.69. The number of hydrogen-bond acceptors (Lipinski definition) is 4. The van der Waals surface area contributed by atoms with Gasteiger partial charge in [0.05, 0.1) is 11.0 Å². The number of nitrogens with zero attached hydrogens (tertiary/aromatic N) is 3. The largest absolute Gasteiger partial charge is 0.456 e. The van der Waals surface area contributed by atoms with Gasteiger partial charge in [0.25, 0.3) is 0 Å². The van der Waals surface area contributed by atoms with E-state index < -0.39 is 0 Å². The van der Waals surface area contributed by atoms with Gasteiger partial charge in [-0.2, -0.15) is 4.99 Å². The van der Waals surface area contributed by atoms with Gasteiger partial charge in [-0.25, -0.2) is 4.99 Å². The molecule has 0 aliphatic carbocycles. The summed E-state index contributed by atoms with van der Waals surface area (Å²) in [6.45, 7) is 0. The Morgan fingerprint density at radius 3 is 1.88 bits per heavy atom. The lowest BCUT2D eigenvalue weighted by Gasteiger charge is -2.24. The lowest BCUT2D eigenvalue weighted by molar-refractivity contribution is 0.666. The first kappa shape index (κ1) is 28.3. The van der Waals surface area contributed by atoms with E-state index in [9.17, 15) is 0 Å². The Balaban J connectivity index is 1.22. The number of aliphatic imine (C=N–C) groups is 2. The van der Waals surface area contributed by atoms with E-state index in [1.807, 2.05) is 30.3 Å². The summed E-state index contributed by atoms with van der Waals surface area (Å²) in [5.74, 6) is 1.37. The Morgan fingerprint density at radius 1 is 0.500 bits per heavy atom. The molecule has 0 saturated carbocycles. The van der Waals surface area contributed by atoms with Gasteiger partial charge < -0.3 is 9.73 Å². The molecule has 0 amide bonds. The van der Waals surface area contributed by atoms with Crippen LogP contribution in [0.1, 0.15) is 17.3 Å². The van der Waals surface area contributed by atoms with Crippen LogP contribution >= 0.6 is 0 Å². The molecule has 0 bridgehead atoms. The normalized spacial score (nSPS) is 14.6. The van der Waals surface area contributed by atoms with Crippen molar-refractivity contribution in [3.8, 4) is 22.3 Å². The summed E-state index contributed by atoms with van der Waals surface area (Å²) in [5.41, 5.74) is 10.4. The van der Waals surface area contributed by atoms with Crippen LogP contribution < -0.4 is 5.32 Å². The molecular weight excluding hydrogens is 613 g/mol. The highest BCUT2D eigenvalue weighted by Gasteiger charge is 2.26. The van der Waals surface area contributed by atoms with Crippen LogP contribution in [0.5, 0.6) is 0 Å². The first-order chi connectivity index (χ1) is 24.8. The third-order valence-electron chi connectivity index (χ3n) is 9.69. The van der Waals surface area contributed by atoms with Gasteiger partial charge in [-0.1, -0.05) is 140 Å². The van der Waals surface area contributed by atoms with E-state index in [0.717, 1.165) is 71.8 Å². The maximum Gasteiger partial charge on any atom is 0.234 e. The second-order valence-corrected chi connectivity index (χ2v) is 12.6. The lowest BCUT2D eigenvalue weighted by atomic mass is 9.97. The van der Waals surface area contributed by atoms with E-state index in [4.69, 9.17) is 14.4 Å². The molecule has 0 fully saturated rings. The molecule has 236 valence electrons. The predicted molar refractivity (Wildman–Crippen MR) is 206 cm³/mol. The Hall–Kier alpha value is -6.72. The number of hydrogen-bond donors (Lipinski definition) is 1. The molecule has 0 spiro atoms. The number of para-hydroxylation sites is 1. The zero-order chi connectivity index (χ0) is 33.0. The molecule has 9 aromatic rings. The molecule has 0 radical (unpaired) electrons. The van der Waals surface area contributed by atoms with Gasteiger partial charge in [-0.3, -0.25) is 4.57 Å². The second-order valence-electron chi connectivity index (χ2n) is 12.6. The van der Waals surface area contributed by atoms with Gasteiger partial charge in [0.1, 0.15) is 23.2 Å². The van der Waals surface area contributed by atoms with Crippen molar-refractivity contribution in [3.63, 3.8) is 0 Å². The minimum atomic E-state index is -0.361. The Labute approximate surface area is 288 Å². The minimum absolute atomic E-state index is 0.361. The van der Waals surface area contributed by atoms with Crippen LogP contribution in [-0.2, 0) is 0 Å². The summed E-state index contributed by atoms with van der Waals surface area (Å²) >= 11 is 0. The first-order valence-corrected chi connectivity index (χ1v) is 16.9. The summed E-state index contributed by atoms with van der Waals surface area (Å²) in [6, 6.07) is 59.1. The molecule has 1 N–H and O–H groups in total. The fourth-order valence-corrected chi connectivity index (χ4v) is 7.40. The molecule has 7 aromatic carbocycles. The number of aromatic nitrogens is 1. The summed E-state index contributed by atoms with van der Waals surface area (Å²) < 4.78 is 8.71. The fourth-order valence-electron chi connectivity index (χ4n) is 7.40. The molecule has 2 aromatic heterocycles. The number of nitrogens with one attached hydrogen (secondary N) is 1. The van der Waals surface area contributed by atoms with E-state index in [1.165, 1.54) is 11.1 Å². The fraction of sp³-hybridized carbons (Fsp3) is 0.0222. The van der Waals surface area contributed by atoms with E-state index in [1.54, 1.807) is 0 Å². The topological polar surface area (TPSA) is 54.8 Å². The number of benzene rings is 7. The van der Waals surface area contributed by atoms with Crippen molar-refractivity contribution in [2.24, 2.45) is 9.98 Å². The summed E-state index contributed by atoms with van der Waals surface area (Å²) in [7, 11) is 0. The molecule has 10 rings (SSSR count). The Bertz CT molecular complexity index is 2780. The van der Waals surface area contributed by atoms with Gasteiger partial charge >= 0.3 is 0 Å². The smallest absolute Gasteiger partial charge is 0.234 e. The van der Waals surface area contributed by atoms with Crippen molar-refractivity contribution < 1.29 is 4.42 Å². The molecule has 5 nitrogen and oxygen atoms in total. The summed E-state index contributed by atoms with van der Waals surface area (Å²) in [5, 5.41) is 8.13. The zero-order valence-corrected chi connectivity index (χ0v) is 27.0. The number of fused-ring (bicyclic) bond motifs is 6. The van der Waals surface area contributed by atoms with Crippen LogP contribution in [0.3, 0.4) is 0 Å². The van der Waals surface area contributed by atoms with Crippen LogP contribution in [0, 0.1) is 0 Å². The van der Waals surface area contributed by atoms with Crippen LogP contribution in [0.2, 0.25) is 0 Å². The van der Waals surface area contributed by atoms with E-state index in [-0.39, 0.29) is 6.17 Å². The van der Waals surface area contributed by atoms with Crippen molar-refractivity contribution in [2.45, 2.75) is 6.17 Å². The standard InChI is InChI=1S/C45H30N4O/c1-4-14-29(15-5-1)32-26-27-38-36(28-32)34-20-10-11-23-37(34)49(38)45-47-43(31-18-8-3-9-19-31)46-44(48-45)35-22-13-25-40-42(35)41-33(21-12-24-39(41)50-40)30-16-6-2-7-17-30/h1-28,43H,(H,46,47,48). The molecule has 1 atom stereocenters. The third kappa shape index (κ3) is 4.55. The zero-order valence-electron chi connectivity index (χ0n) is 27.0. The molecule has 0 saturated heterocycles. The summed E-state index contributed by atoms with van der Waals surface area (Å²) in [6.07, 6.45) is -0.361. The van der Waals surface area contributed by atoms with Crippen molar-refractivity contribution in [1.82, 2.24) is 9.88 Å². The van der Waals surface area contributed by atoms with Gasteiger partial charge in [-0.05, 0) is 58.1 Å². The average Bonchev–Trinajstić information content (AvgIpc) is 3.74. The molecule has 50 heavy (non-hydrogen) atoms. The van der Waals surface area contributed by atoms with Crippen LogP contribution in [-0.4, -0.2) is 16.4 Å². The summed E-state index contributed by atoms with van der Waals surface area (Å²) in [4.78, 5) is 10.7. The Morgan fingerprint density at radius 2 is 1.12 bits per heavy atom. The highest BCUT2D eigenvalue weighted by molar-refractivity contribution is 6.24. The number of rotatable bonds is 4. The van der Waals surface area contributed by atoms with E-state index in [2.05, 4.69) is 149 Å². The lowest BCUT2D eigenvalue weighted by Crippen LogP contribution is -2.35. The number of amidine groups is 1. The van der Waals surface area contributed by atoms with Gasteiger partial charge in [-0.15, -0.1) is 0 Å². The van der Waals surface area contributed by atoms with Gasteiger partial charge in [0, 0.05) is 27.1 Å². The molecule has 1 aliphatic rings. The average molecular weight is 643 g/mol. The van der Waals surface area contributed by atoms with Crippen LogP contribution in [0.15, 0.2) is 184 Å². The highest BCUT2D eigenvalue weighted by atomic mass is 16.3. The van der Waals surface area contributed by atoms with Crippen LogP contribution in [0.4, 0.5) is 0 Å². The molecular formula is C45H30N4O. The minimum Gasteiger partial charge on any atom is -0.456 e. The molecule has 5 heteroatoms. The monoisotopic (exact) mass is 642 g/mol. The van der Waals surface area contributed by atoms with Crippen molar-refractivity contribution >= 4 is 55.5 Å². The first-order valence-electron chi connectivity index (χ1n) is 16.9. The predicted octanol–water partition coefficient (Wildman–Crippen LogP) is 11.0. The highest BCUT2D eigenvalue weighted by Crippen LogP contribution is 2.39. The van der Waals surface area contributed by atoms with Crippen molar-refractivity contribution in [1.29, 1.82) is 0 Å². The maximum absolute atomic E-state index is 6.50. The van der Waals surface area contributed by atoms with Crippen molar-refractivity contribution in [3.05, 3.63) is 181 Å². The van der Waals surface area contributed by atoms with Gasteiger partial charge in [0.2, 0.25) is 5.96 Å². The van der Waals surface area contributed by atoms with Crippen molar-refractivity contribution in [2.75, 3.05) is 0 Å². The molecule has 1 aliphatic heterocycles. The SMILES string of the molecule is c1ccc(-c2ccc3c(c2)c2ccccc2n3C2=NC(c3ccccc3)NC(c3cccc4oc5cccc(-c6ccccc6)c5c34)=N2)cc1. The van der Waals surface area contributed by atoms with E-state index >= 15 is 0 Å². The van der Waals surface area contributed by atoms with Crippen LogP contribution in [0.25, 0.3) is 66.0 Å². The molecule has 3 heterocycles. The quantitative estimate of drug-likeness (QED) is 0.208. The number of furan rings is 1. The maximum atomic E-state index is 6.50. The second kappa shape index (κ2) is 11.5. The Kier molecular flexibility index (Phi) is 6.49. The van der Waals surface area contributed by atoms with Gasteiger partial charge in [0.15, 0.2) is 0 Å². The molecule has 1 unspecified atom stereocenters. The van der Waals surface area contributed by atoms with E-state index in [0.29, 0.717) is 5.96 Å².